The van der Waals surface area contributed by atoms with E-state index >= 15 is 0 Å². The van der Waals surface area contributed by atoms with E-state index in [2.05, 4.69) is 4.74 Å². The molecule has 1 saturated carbocycles. The van der Waals surface area contributed by atoms with Crippen LogP contribution in [0.2, 0.25) is 0 Å². The van der Waals surface area contributed by atoms with Gasteiger partial charge in [0.2, 0.25) is 5.54 Å². The van der Waals surface area contributed by atoms with Gasteiger partial charge in [-0.05, 0) is 25.0 Å². The molecule has 1 aromatic carbocycles. The summed E-state index contributed by atoms with van der Waals surface area (Å²) in [4.78, 5) is 0. The van der Waals surface area contributed by atoms with Crippen molar-refractivity contribution in [2.75, 3.05) is 6.54 Å². The summed E-state index contributed by atoms with van der Waals surface area (Å²) in [6.45, 7) is 2.42. The van der Waals surface area contributed by atoms with Crippen molar-refractivity contribution in [2.24, 2.45) is 5.92 Å². The van der Waals surface area contributed by atoms with E-state index in [1.165, 1.54) is 12.1 Å². The minimum absolute atomic E-state index is 0.0852. The third-order valence-electron chi connectivity index (χ3n) is 5.91. The summed E-state index contributed by atoms with van der Waals surface area (Å²) in [6.07, 6.45) is -2.74. The lowest BCUT2D eigenvalue weighted by atomic mass is 9.69. The summed E-state index contributed by atoms with van der Waals surface area (Å²) in [5, 5.41) is 12.8. The van der Waals surface area contributed by atoms with Gasteiger partial charge >= 0.3 is 6.36 Å². The van der Waals surface area contributed by atoms with Crippen molar-refractivity contribution >= 4 is 0 Å². The number of hydrogen-bond donors (Lipinski definition) is 0. The van der Waals surface area contributed by atoms with Crippen LogP contribution in [-0.4, -0.2) is 23.1 Å². The van der Waals surface area contributed by atoms with Gasteiger partial charge in [0.25, 0.3) is 0 Å². The van der Waals surface area contributed by atoms with E-state index in [0.29, 0.717) is 13.0 Å². The fraction of sp³-hybridized carbons (Fsp3) is 0.600. The Kier molecular flexibility index (Phi) is 2.44. The highest BCUT2D eigenvalue weighted by molar-refractivity contribution is 5.46. The molecule has 3 nitrogen and oxygen atoms in total. The lowest BCUT2D eigenvalue weighted by molar-refractivity contribution is -0.697. The number of fused-ring (bicyclic) bond motifs is 1. The van der Waals surface area contributed by atoms with Crippen molar-refractivity contribution in [3.63, 3.8) is 0 Å². The summed E-state index contributed by atoms with van der Waals surface area (Å²) in [5.74, 6) is -1.74. The topological polar surface area (TPSA) is 32.3 Å². The molecule has 0 radical (unpaired) electrons. The van der Waals surface area contributed by atoms with Gasteiger partial charge in [-0.2, -0.15) is 0 Å². The van der Waals surface area contributed by atoms with E-state index in [-0.39, 0.29) is 11.5 Å². The molecule has 0 amide bonds. The number of quaternary nitrogens is 1. The van der Waals surface area contributed by atoms with Gasteiger partial charge in [-0.25, -0.2) is 4.39 Å². The maximum atomic E-state index is 14.6. The van der Waals surface area contributed by atoms with Crippen LogP contribution in [-0.2, 0) is 5.54 Å². The van der Waals surface area contributed by atoms with Crippen LogP contribution >= 0.6 is 0 Å². The molecule has 120 valence electrons. The van der Waals surface area contributed by atoms with E-state index in [9.17, 15) is 22.8 Å². The van der Waals surface area contributed by atoms with E-state index in [4.69, 9.17) is 0 Å². The summed E-state index contributed by atoms with van der Waals surface area (Å²) < 4.78 is 55.0. The van der Waals surface area contributed by atoms with Crippen molar-refractivity contribution in [3.05, 3.63) is 34.8 Å². The van der Waals surface area contributed by atoms with Crippen LogP contribution in [0, 0.1) is 16.9 Å². The number of ether oxygens (including phenoxy) is 1. The van der Waals surface area contributed by atoms with Crippen LogP contribution < -0.4 is 4.74 Å². The fourth-order valence-electron chi connectivity index (χ4n) is 4.97. The van der Waals surface area contributed by atoms with Crippen molar-refractivity contribution in [1.82, 2.24) is 0 Å². The molecule has 1 aromatic rings. The molecule has 2 aliphatic heterocycles. The Bertz CT molecular complexity index is 663. The lowest BCUT2D eigenvalue weighted by Crippen LogP contribution is -2.40. The van der Waals surface area contributed by atoms with Crippen LogP contribution in [0.3, 0.4) is 0 Å². The molecular formula is C15H15F4NO2. The van der Waals surface area contributed by atoms with Gasteiger partial charge in [-0.1, -0.05) is 13.0 Å². The molecule has 1 spiro atoms. The molecule has 0 bridgehead atoms. The van der Waals surface area contributed by atoms with Gasteiger partial charge in [0.15, 0.2) is 17.1 Å². The Morgan fingerprint density at radius 2 is 2.09 bits per heavy atom. The largest absolute Gasteiger partial charge is 0.631 e. The van der Waals surface area contributed by atoms with Crippen LogP contribution in [0.1, 0.15) is 31.7 Å². The molecule has 7 heteroatoms. The maximum Gasteiger partial charge on any atom is 0.573 e. The molecule has 4 rings (SSSR count). The predicted molar refractivity (Wildman–Crippen MR) is 69.0 cm³/mol. The second-order valence-electron chi connectivity index (χ2n) is 6.64. The molecule has 0 aromatic heterocycles. The second-order valence-corrected chi connectivity index (χ2v) is 6.64. The first-order valence-corrected chi connectivity index (χ1v) is 7.34. The average molecular weight is 317 g/mol. The van der Waals surface area contributed by atoms with Gasteiger partial charge in [-0.3, -0.25) is 0 Å². The van der Waals surface area contributed by atoms with Gasteiger partial charge in [0.05, 0.1) is 5.56 Å². The first kappa shape index (κ1) is 14.3. The Morgan fingerprint density at radius 3 is 2.73 bits per heavy atom. The summed E-state index contributed by atoms with van der Waals surface area (Å²) in [5.41, 5.74) is -1.34. The molecule has 2 saturated heterocycles. The average Bonchev–Trinajstić information content (AvgIpc) is 3.18. The molecule has 0 N–H and O–H groups in total. The molecule has 3 unspecified atom stereocenters. The van der Waals surface area contributed by atoms with E-state index < -0.39 is 33.7 Å². The van der Waals surface area contributed by atoms with Crippen LogP contribution in [0.25, 0.3) is 0 Å². The maximum absolute atomic E-state index is 14.6. The summed E-state index contributed by atoms with van der Waals surface area (Å²) >= 11 is 0. The Labute approximate surface area is 124 Å². The zero-order valence-electron chi connectivity index (χ0n) is 11.9. The van der Waals surface area contributed by atoms with E-state index in [0.717, 1.165) is 18.9 Å². The Balaban J connectivity index is 1.78. The first-order chi connectivity index (χ1) is 10.2. The number of hydroxylamine groups is 3. The Morgan fingerprint density at radius 1 is 1.36 bits per heavy atom. The number of nitrogens with zero attached hydrogens (tertiary/aromatic N) is 1. The number of halogens is 4. The van der Waals surface area contributed by atoms with E-state index in [1.54, 1.807) is 0 Å². The van der Waals surface area contributed by atoms with Crippen molar-refractivity contribution < 1.29 is 26.9 Å². The highest BCUT2D eigenvalue weighted by atomic mass is 19.4. The fourth-order valence-corrected chi connectivity index (χ4v) is 4.97. The minimum atomic E-state index is -4.95. The third kappa shape index (κ3) is 1.35. The molecule has 4 atom stereocenters. The smallest absolute Gasteiger partial charge is 0.573 e. The summed E-state index contributed by atoms with van der Waals surface area (Å²) in [7, 11) is 0. The van der Waals surface area contributed by atoms with Crippen molar-refractivity contribution in [2.45, 2.75) is 43.6 Å². The molecule has 22 heavy (non-hydrogen) atoms. The van der Waals surface area contributed by atoms with Crippen LogP contribution in [0.15, 0.2) is 18.2 Å². The third-order valence-corrected chi connectivity index (χ3v) is 5.91. The second kappa shape index (κ2) is 3.76. The Hall–Kier alpha value is -1.34. The first-order valence-electron chi connectivity index (χ1n) is 7.34. The molecule has 3 aliphatic rings. The minimum Gasteiger partial charge on any atom is -0.631 e. The number of benzene rings is 1. The van der Waals surface area contributed by atoms with Gasteiger partial charge < -0.3 is 14.6 Å². The van der Waals surface area contributed by atoms with E-state index in [1.807, 2.05) is 6.92 Å². The van der Waals surface area contributed by atoms with Gasteiger partial charge in [-0.15, -0.1) is 13.2 Å². The molecular weight excluding hydrogens is 302 g/mol. The van der Waals surface area contributed by atoms with Gasteiger partial charge in [0, 0.05) is 12.3 Å². The lowest BCUT2D eigenvalue weighted by Gasteiger charge is -2.31. The van der Waals surface area contributed by atoms with Gasteiger partial charge in [0.1, 0.15) is 6.54 Å². The molecule has 1 aliphatic carbocycles. The highest BCUT2D eigenvalue weighted by Gasteiger charge is 3.03. The zero-order chi connectivity index (χ0) is 16.0. The predicted octanol–water partition coefficient (Wildman–Crippen LogP) is 3.82. The van der Waals surface area contributed by atoms with Crippen molar-refractivity contribution in [3.8, 4) is 5.75 Å². The zero-order valence-corrected chi connectivity index (χ0v) is 11.9. The quantitative estimate of drug-likeness (QED) is 0.359. The number of alkyl halides is 3. The van der Waals surface area contributed by atoms with Crippen molar-refractivity contribution in [1.29, 1.82) is 0 Å². The van der Waals surface area contributed by atoms with Crippen LogP contribution in [0.4, 0.5) is 17.6 Å². The standard InChI is InChI=1S/C15H15F4NO2/c1-9-4-3-7-13(14(9)8-20(13,14)21)10-5-2-6-11(12(10)16)22-15(17,18)19/h2,5-6,9H,3-4,7-8H2,1H3/t9-,13?,14?,20?/m0/s1. The van der Waals surface area contributed by atoms with Crippen LogP contribution in [0.5, 0.6) is 5.75 Å². The number of hydrogen-bond acceptors (Lipinski definition) is 2. The number of rotatable bonds is 2. The summed E-state index contributed by atoms with van der Waals surface area (Å²) in [6, 6.07) is 3.70. The normalized spacial score (nSPS) is 42.4. The highest BCUT2D eigenvalue weighted by Crippen LogP contribution is 2.85. The molecule has 2 heterocycles. The molecule has 3 fully saturated rings. The monoisotopic (exact) mass is 317 g/mol. The SMILES string of the molecule is C[C@H]1CCCC2(c3cccc(OC(F)(F)F)c3F)C13C[N+]23[O-].